The highest BCUT2D eigenvalue weighted by atomic mass is 79.9. The number of hydrogen-bond donors (Lipinski definition) is 1. The van der Waals surface area contributed by atoms with Gasteiger partial charge in [0.15, 0.2) is 0 Å². The number of nitrogens with one attached hydrogen (secondary N) is 1. The van der Waals surface area contributed by atoms with Crippen LogP contribution in [0.1, 0.15) is 6.42 Å². The third-order valence-electron chi connectivity index (χ3n) is 4.46. The van der Waals surface area contributed by atoms with E-state index in [1.807, 2.05) is 48.5 Å². The first kappa shape index (κ1) is 19.8. The Labute approximate surface area is 181 Å². The van der Waals surface area contributed by atoms with E-state index in [0.717, 1.165) is 10.2 Å². The first-order chi connectivity index (χ1) is 14.6. The van der Waals surface area contributed by atoms with Gasteiger partial charge in [-0.15, -0.1) is 0 Å². The predicted octanol–water partition coefficient (Wildman–Crippen LogP) is 4.98. The lowest BCUT2D eigenvalue weighted by Crippen LogP contribution is -2.23. The van der Waals surface area contributed by atoms with Crippen LogP contribution in [0.2, 0.25) is 0 Å². The Morgan fingerprint density at radius 3 is 2.63 bits per heavy atom. The number of nitrogens with zero attached hydrogens (tertiary/aromatic N) is 2. The zero-order valence-corrected chi connectivity index (χ0v) is 17.5. The molecule has 7 heteroatoms. The third-order valence-corrected chi connectivity index (χ3v) is 4.96. The number of fused-ring (bicyclic) bond motifs is 1. The SMILES string of the molecule is O=C(CCn1cnc2ccc(Br)cc2c1=O)Nc1cccc(Oc2ccccc2)c1. The van der Waals surface area contributed by atoms with Gasteiger partial charge in [0.1, 0.15) is 11.5 Å². The van der Waals surface area contributed by atoms with Crippen LogP contribution in [-0.2, 0) is 11.3 Å². The van der Waals surface area contributed by atoms with E-state index in [2.05, 4.69) is 26.2 Å². The normalized spacial score (nSPS) is 10.7. The smallest absolute Gasteiger partial charge is 0.261 e. The lowest BCUT2D eigenvalue weighted by molar-refractivity contribution is -0.116. The lowest BCUT2D eigenvalue weighted by atomic mass is 10.2. The number of amides is 1. The maximum atomic E-state index is 12.6. The van der Waals surface area contributed by atoms with Gasteiger partial charge in [-0.25, -0.2) is 4.98 Å². The van der Waals surface area contributed by atoms with Crippen molar-refractivity contribution in [2.45, 2.75) is 13.0 Å². The van der Waals surface area contributed by atoms with Crippen molar-refractivity contribution < 1.29 is 9.53 Å². The zero-order chi connectivity index (χ0) is 20.9. The molecule has 1 N–H and O–H groups in total. The molecule has 150 valence electrons. The molecular weight excluding hydrogens is 446 g/mol. The first-order valence-electron chi connectivity index (χ1n) is 9.36. The molecule has 0 aliphatic heterocycles. The molecule has 1 amide bonds. The van der Waals surface area contributed by atoms with Gasteiger partial charge in [-0.05, 0) is 42.5 Å². The molecule has 4 aromatic rings. The summed E-state index contributed by atoms with van der Waals surface area (Å²) in [7, 11) is 0. The summed E-state index contributed by atoms with van der Waals surface area (Å²) in [6.45, 7) is 0.236. The van der Waals surface area contributed by atoms with E-state index in [-0.39, 0.29) is 24.4 Å². The molecule has 0 radical (unpaired) electrons. The minimum atomic E-state index is -0.201. The molecule has 0 unspecified atom stereocenters. The number of ether oxygens (including phenoxy) is 1. The Balaban J connectivity index is 1.41. The minimum Gasteiger partial charge on any atom is -0.457 e. The van der Waals surface area contributed by atoms with Crippen LogP contribution >= 0.6 is 15.9 Å². The monoisotopic (exact) mass is 463 g/mol. The Morgan fingerprint density at radius 1 is 1.00 bits per heavy atom. The second-order valence-corrected chi connectivity index (χ2v) is 7.56. The third kappa shape index (κ3) is 4.75. The molecule has 0 spiro atoms. The van der Waals surface area contributed by atoms with Crippen molar-refractivity contribution in [1.29, 1.82) is 0 Å². The molecule has 30 heavy (non-hydrogen) atoms. The average Bonchev–Trinajstić information content (AvgIpc) is 2.75. The van der Waals surface area contributed by atoms with Gasteiger partial charge in [-0.3, -0.25) is 14.2 Å². The molecule has 0 saturated heterocycles. The van der Waals surface area contributed by atoms with E-state index in [0.29, 0.717) is 22.3 Å². The van der Waals surface area contributed by atoms with Crippen molar-refractivity contribution in [3.05, 3.63) is 94.0 Å². The van der Waals surface area contributed by atoms with E-state index in [1.165, 1.54) is 10.9 Å². The van der Waals surface area contributed by atoms with Crippen molar-refractivity contribution in [3.63, 3.8) is 0 Å². The van der Waals surface area contributed by atoms with Crippen molar-refractivity contribution in [2.75, 3.05) is 5.32 Å². The molecule has 6 nitrogen and oxygen atoms in total. The second kappa shape index (κ2) is 8.92. The number of rotatable bonds is 6. The number of para-hydroxylation sites is 1. The van der Waals surface area contributed by atoms with Crippen molar-refractivity contribution in [1.82, 2.24) is 9.55 Å². The van der Waals surface area contributed by atoms with E-state index >= 15 is 0 Å². The molecule has 0 aliphatic rings. The Hall–Kier alpha value is -3.45. The molecule has 0 bridgehead atoms. The molecule has 0 saturated carbocycles. The van der Waals surface area contributed by atoms with Crippen LogP contribution in [0.4, 0.5) is 5.69 Å². The Bertz CT molecular complexity index is 1260. The molecule has 0 aliphatic carbocycles. The Morgan fingerprint density at radius 2 is 1.80 bits per heavy atom. The standard InChI is InChI=1S/C23H18BrN3O3/c24-16-9-10-21-20(13-16)23(29)27(15-25-21)12-11-22(28)26-17-5-4-8-19(14-17)30-18-6-2-1-3-7-18/h1-10,13-15H,11-12H2,(H,26,28). The van der Waals surface area contributed by atoms with Crippen LogP contribution in [0, 0.1) is 0 Å². The fourth-order valence-electron chi connectivity index (χ4n) is 3.00. The summed E-state index contributed by atoms with van der Waals surface area (Å²) in [4.78, 5) is 29.3. The Kier molecular flexibility index (Phi) is 5.90. The van der Waals surface area contributed by atoms with Crippen LogP contribution in [0.25, 0.3) is 10.9 Å². The summed E-state index contributed by atoms with van der Waals surface area (Å²) in [5.41, 5.74) is 1.08. The number of aromatic nitrogens is 2. The number of halogens is 1. The van der Waals surface area contributed by atoms with E-state index in [9.17, 15) is 9.59 Å². The van der Waals surface area contributed by atoms with Crippen molar-refractivity contribution in [3.8, 4) is 11.5 Å². The molecule has 1 aromatic heterocycles. The second-order valence-electron chi connectivity index (χ2n) is 6.65. The summed E-state index contributed by atoms with van der Waals surface area (Å²) < 4.78 is 8.04. The summed E-state index contributed by atoms with van der Waals surface area (Å²) in [5, 5.41) is 3.35. The number of hydrogen-bond acceptors (Lipinski definition) is 4. The number of carbonyl (C=O) groups excluding carboxylic acids is 1. The highest BCUT2D eigenvalue weighted by Gasteiger charge is 2.08. The summed E-state index contributed by atoms with van der Waals surface area (Å²) in [5.74, 6) is 1.14. The van der Waals surface area contributed by atoms with Crippen LogP contribution in [0.15, 0.2) is 88.4 Å². The number of anilines is 1. The van der Waals surface area contributed by atoms with Crippen LogP contribution in [0.5, 0.6) is 11.5 Å². The van der Waals surface area contributed by atoms with E-state index in [1.54, 1.807) is 24.3 Å². The van der Waals surface area contributed by atoms with Crippen molar-refractivity contribution >= 4 is 38.4 Å². The van der Waals surface area contributed by atoms with Gasteiger partial charge in [-0.1, -0.05) is 40.2 Å². The van der Waals surface area contributed by atoms with Gasteiger partial charge in [-0.2, -0.15) is 0 Å². The van der Waals surface area contributed by atoms with Crippen LogP contribution in [-0.4, -0.2) is 15.5 Å². The minimum absolute atomic E-state index is 0.144. The molecule has 0 fully saturated rings. The first-order valence-corrected chi connectivity index (χ1v) is 10.2. The average molecular weight is 464 g/mol. The zero-order valence-electron chi connectivity index (χ0n) is 15.9. The molecule has 4 rings (SSSR count). The van der Waals surface area contributed by atoms with Gasteiger partial charge < -0.3 is 10.1 Å². The molecular formula is C23H18BrN3O3. The van der Waals surface area contributed by atoms with Crippen molar-refractivity contribution in [2.24, 2.45) is 0 Å². The van der Waals surface area contributed by atoms with Gasteiger partial charge in [0, 0.05) is 29.2 Å². The van der Waals surface area contributed by atoms with Crippen LogP contribution in [0.3, 0.4) is 0 Å². The van der Waals surface area contributed by atoms with Gasteiger partial charge in [0.25, 0.3) is 5.56 Å². The number of aryl methyl sites for hydroxylation is 1. The molecule has 1 heterocycles. The summed E-state index contributed by atoms with van der Waals surface area (Å²) in [6, 6.07) is 21.9. The molecule has 3 aromatic carbocycles. The summed E-state index contributed by atoms with van der Waals surface area (Å²) >= 11 is 3.37. The fraction of sp³-hybridized carbons (Fsp3) is 0.0870. The van der Waals surface area contributed by atoms with Gasteiger partial charge in [0.2, 0.25) is 5.91 Å². The largest absolute Gasteiger partial charge is 0.457 e. The van der Waals surface area contributed by atoms with E-state index < -0.39 is 0 Å². The quantitative estimate of drug-likeness (QED) is 0.437. The van der Waals surface area contributed by atoms with E-state index in [4.69, 9.17) is 4.74 Å². The predicted molar refractivity (Wildman–Crippen MR) is 120 cm³/mol. The summed E-state index contributed by atoms with van der Waals surface area (Å²) in [6.07, 6.45) is 1.62. The van der Waals surface area contributed by atoms with Gasteiger partial charge >= 0.3 is 0 Å². The highest BCUT2D eigenvalue weighted by molar-refractivity contribution is 9.10. The van der Waals surface area contributed by atoms with Gasteiger partial charge in [0.05, 0.1) is 17.2 Å². The fourth-order valence-corrected chi connectivity index (χ4v) is 3.36. The maximum Gasteiger partial charge on any atom is 0.261 e. The molecule has 0 atom stereocenters. The lowest BCUT2D eigenvalue weighted by Gasteiger charge is -2.10. The number of carbonyl (C=O) groups is 1. The maximum absolute atomic E-state index is 12.6. The highest BCUT2D eigenvalue weighted by Crippen LogP contribution is 2.24. The topological polar surface area (TPSA) is 73.2 Å². The number of benzene rings is 3. The van der Waals surface area contributed by atoms with Crippen LogP contribution < -0.4 is 15.6 Å².